The van der Waals surface area contributed by atoms with E-state index in [1.165, 1.54) is 137 Å². The van der Waals surface area contributed by atoms with Crippen molar-refractivity contribution in [1.29, 1.82) is 0 Å². The maximum Gasteiger partial charge on any atom is 0.200 e. The summed E-state index contributed by atoms with van der Waals surface area (Å²) in [5.41, 5.74) is 4.76. The van der Waals surface area contributed by atoms with Crippen LogP contribution in [0.1, 0.15) is 285 Å². The van der Waals surface area contributed by atoms with Gasteiger partial charge in [-0.25, -0.2) is 13.2 Å². The van der Waals surface area contributed by atoms with Crippen LogP contribution in [0.25, 0.3) is 0 Å². The first-order valence-electron chi connectivity index (χ1n) is 30.5. The quantitative estimate of drug-likeness (QED) is 0.0562. The summed E-state index contributed by atoms with van der Waals surface area (Å²) >= 11 is 0. The van der Waals surface area contributed by atoms with Crippen LogP contribution >= 0.6 is 0 Å². The molecule has 9 heteroatoms. The van der Waals surface area contributed by atoms with E-state index in [1.807, 2.05) is 6.92 Å². The molecule has 0 saturated heterocycles. The van der Waals surface area contributed by atoms with Gasteiger partial charge in [-0.3, -0.25) is 0 Å². The molecule has 3 saturated carbocycles. The van der Waals surface area contributed by atoms with Crippen molar-refractivity contribution in [3.63, 3.8) is 0 Å². The Labute approximate surface area is 452 Å². The Morgan fingerprint density at radius 2 is 0.587 bits per heavy atom. The number of halogens is 6. The van der Waals surface area contributed by atoms with Crippen molar-refractivity contribution in [2.45, 2.75) is 271 Å². The molecule has 0 spiro atoms. The van der Waals surface area contributed by atoms with E-state index in [-0.39, 0.29) is 17.2 Å². The molecule has 0 aliphatic heterocycles. The van der Waals surface area contributed by atoms with Gasteiger partial charge in [-0.1, -0.05) is 144 Å². The average Bonchev–Trinajstić information content (AvgIpc) is 3.43. The lowest BCUT2D eigenvalue weighted by Gasteiger charge is -2.30. The molecule has 3 fully saturated rings. The maximum absolute atomic E-state index is 14.7. The predicted molar refractivity (Wildman–Crippen MR) is 301 cm³/mol. The van der Waals surface area contributed by atoms with Crippen LogP contribution in [0.3, 0.4) is 0 Å². The summed E-state index contributed by atoms with van der Waals surface area (Å²) in [4.78, 5) is 0. The van der Waals surface area contributed by atoms with Gasteiger partial charge in [-0.2, -0.15) is 13.2 Å². The Hall–Kier alpha value is -3.36. The lowest BCUT2D eigenvalue weighted by Crippen LogP contribution is -2.16. The molecule has 3 aromatic rings. The van der Waals surface area contributed by atoms with Gasteiger partial charge in [0, 0.05) is 0 Å². The van der Waals surface area contributed by atoms with Gasteiger partial charge in [-0.15, -0.1) is 0 Å². The number of unbranched alkanes of at least 4 members (excludes halogenated alkanes) is 9. The van der Waals surface area contributed by atoms with E-state index in [4.69, 9.17) is 14.2 Å². The van der Waals surface area contributed by atoms with Crippen LogP contribution in [0.4, 0.5) is 26.3 Å². The van der Waals surface area contributed by atoms with Crippen LogP contribution in [-0.2, 0) is 19.3 Å². The molecule has 3 nitrogen and oxygen atoms in total. The highest BCUT2D eigenvalue weighted by molar-refractivity contribution is 5.43. The second kappa shape index (κ2) is 35.2. The molecule has 0 N–H and O–H groups in total. The van der Waals surface area contributed by atoms with E-state index in [2.05, 4.69) is 34.6 Å². The number of ether oxygens (including phenoxy) is 3. The van der Waals surface area contributed by atoms with E-state index in [0.29, 0.717) is 53.7 Å². The smallest absolute Gasteiger partial charge is 0.200 e. The molecule has 426 valence electrons. The van der Waals surface area contributed by atoms with Gasteiger partial charge >= 0.3 is 0 Å². The Bertz CT molecular complexity index is 2060. The zero-order valence-corrected chi connectivity index (χ0v) is 48.5. The minimum Gasteiger partial charge on any atom is -0.494 e. The maximum atomic E-state index is 14.7. The number of hydrogen-bond donors (Lipinski definition) is 0. The largest absolute Gasteiger partial charge is 0.494 e. The van der Waals surface area contributed by atoms with Crippen LogP contribution in [0.5, 0.6) is 17.2 Å². The highest BCUT2D eigenvalue weighted by Gasteiger charge is 2.31. The molecule has 6 rings (SSSR count). The fraction of sp³-hybridized carbons (Fsp3) is 0.727. The molecular formula is C66H102F6O3. The first-order chi connectivity index (χ1) is 36.4. The summed E-state index contributed by atoms with van der Waals surface area (Å²) in [5, 5.41) is 0. The van der Waals surface area contributed by atoms with E-state index in [0.717, 1.165) is 111 Å². The molecule has 75 heavy (non-hydrogen) atoms. The molecular weight excluding hydrogens is 955 g/mol. The van der Waals surface area contributed by atoms with Crippen molar-refractivity contribution < 1.29 is 40.6 Å². The molecule has 0 atom stereocenters. The zero-order valence-electron chi connectivity index (χ0n) is 48.5. The van der Waals surface area contributed by atoms with Crippen molar-refractivity contribution in [3.8, 4) is 17.2 Å². The lowest BCUT2D eigenvalue weighted by atomic mass is 9.75. The van der Waals surface area contributed by atoms with E-state index < -0.39 is 34.9 Å². The Morgan fingerprint density at radius 1 is 0.320 bits per heavy atom. The Balaban J connectivity index is 0.000000244. The van der Waals surface area contributed by atoms with Crippen molar-refractivity contribution in [2.24, 2.45) is 17.8 Å². The zero-order chi connectivity index (χ0) is 54.7. The summed E-state index contributed by atoms with van der Waals surface area (Å²) in [7, 11) is 4.24. The first kappa shape index (κ1) is 64.2. The summed E-state index contributed by atoms with van der Waals surface area (Å²) in [6.07, 6.45) is 37.1. The topological polar surface area (TPSA) is 27.7 Å². The minimum atomic E-state index is -0.835. The normalized spacial score (nSPS) is 20.7. The monoisotopic (exact) mass is 1060 g/mol. The second-order valence-electron chi connectivity index (χ2n) is 22.8. The van der Waals surface area contributed by atoms with Crippen LogP contribution in [0, 0.1) is 52.7 Å². The van der Waals surface area contributed by atoms with Gasteiger partial charge in [0.25, 0.3) is 0 Å². The number of rotatable bonds is 27. The van der Waals surface area contributed by atoms with Gasteiger partial charge in [0.05, 0.1) is 21.3 Å². The third-order valence-corrected chi connectivity index (χ3v) is 17.4. The molecule has 3 aliphatic carbocycles. The first-order valence-corrected chi connectivity index (χ1v) is 30.5. The van der Waals surface area contributed by atoms with Crippen molar-refractivity contribution in [3.05, 3.63) is 86.5 Å². The van der Waals surface area contributed by atoms with Crippen LogP contribution in [0.2, 0.25) is 0 Å². The van der Waals surface area contributed by atoms with Gasteiger partial charge in [-0.05, 0) is 196 Å². The van der Waals surface area contributed by atoms with E-state index >= 15 is 0 Å². The van der Waals surface area contributed by atoms with Crippen molar-refractivity contribution >= 4 is 0 Å². The van der Waals surface area contributed by atoms with Crippen LogP contribution in [0.15, 0.2) is 18.2 Å². The molecule has 0 heterocycles. The number of methoxy groups -OCH3 is 3. The highest BCUT2D eigenvalue weighted by atomic mass is 19.2. The third-order valence-electron chi connectivity index (χ3n) is 17.4. The average molecular weight is 1060 g/mol. The second-order valence-corrected chi connectivity index (χ2v) is 22.8. The SMILES string of the molecule is CCCCCC1CCC(c2cc(OC)c(F)c(F)c2CCC)CC1.CCCCCC1CCC(c2cc(OC)c(F)c(F)c2CCCC)CC1.CCCCCc1c(C2CCC(CCCCC)CC2)cc(OC)c(F)c1F. The molecule has 0 amide bonds. The van der Waals surface area contributed by atoms with E-state index in [1.54, 1.807) is 18.2 Å². The number of hydrogen-bond acceptors (Lipinski definition) is 3. The molecule has 3 aromatic carbocycles. The Kier molecular flexibility index (Phi) is 30.1. The molecule has 0 radical (unpaired) electrons. The minimum absolute atomic E-state index is 0.0485. The molecule has 0 aromatic heterocycles. The predicted octanol–water partition coefficient (Wildman–Crippen LogP) is 21.5. The summed E-state index contributed by atoms with van der Waals surface area (Å²) in [5.74, 6) is -0.914. The summed E-state index contributed by atoms with van der Waals surface area (Å²) in [6.45, 7) is 12.9. The molecule has 3 aliphatic rings. The third kappa shape index (κ3) is 19.2. The highest BCUT2D eigenvalue weighted by Crippen LogP contribution is 2.45. The molecule has 0 bridgehead atoms. The van der Waals surface area contributed by atoms with Gasteiger partial charge in [0.1, 0.15) is 0 Å². The number of benzene rings is 3. The van der Waals surface area contributed by atoms with Crippen LogP contribution < -0.4 is 14.2 Å². The fourth-order valence-electron chi connectivity index (χ4n) is 12.8. The van der Waals surface area contributed by atoms with Gasteiger partial charge < -0.3 is 14.2 Å². The molecule has 0 unspecified atom stereocenters. The fourth-order valence-corrected chi connectivity index (χ4v) is 12.8. The summed E-state index contributed by atoms with van der Waals surface area (Å²) in [6, 6.07) is 5.30. The summed E-state index contributed by atoms with van der Waals surface area (Å²) < 4.78 is 102. The van der Waals surface area contributed by atoms with Crippen LogP contribution in [-0.4, -0.2) is 21.3 Å². The Morgan fingerprint density at radius 3 is 0.853 bits per heavy atom. The van der Waals surface area contributed by atoms with Crippen molar-refractivity contribution in [1.82, 2.24) is 0 Å². The van der Waals surface area contributed by atoms with E-state index in [9.17, 15) is 26.3 Å². The van der Waals surface area contributed by atoms with Gasteiger partial charge in [0.15, 0.2) is 34.7 Å². The van der Waals surface area contributed by atoms with Gasteiger partial charge in [0.2, 0.25) is 17.5 Å². The van der Waals surface area contributed by atoms with Crippen molar-refractivity contribution in [2.75, 3.05) is 21.3 Å². The standard InChI is InChI=1S/C23H36F2O.C22H34F2O.C21H32F2O/c1-4-6-8-10-17-12-14-18(15-13-17)20-16-21(26-3)23(25)22(24)19(20)11-9-7-5-2;1-4-6-8-9-16-11-13-17(14-12-16)19-15-20(25-3)22(24)21(23)18(19)10-7-5-2;1-4-6-7-9-15-10-12-16(13-11-15)18-14-19(24-3)21(23)20(22)17(18)8-5-2/h16-18H,4-15H2,1-3H3;15-17H,4-14H2,1-3H3;14-16H,4-13H2,1-3H3. The lowest BCUT2D eigenvalue weighted by molar-refractivity contribution is 0.299.